The number of anilines is 1. The van der Waals surface area contributed by atoms with Gasteiger partial charge in [-0.3, -0.25) is 14.5 Å². The van der Waals surface area contributed by atoms with Crippen molar-refractivity contribution >= 4 is 40.7 Å². The number of rotatable bonds is 7. The summed E-state index contributed by atoms with van der Waals surface area (Å²) in [5.41, 5.74) is 1.67. The molecule has 5 nitrogen and oxygen atoms in total. The van der Waals surface area contributed by atoms with Crippen LogP contribution in [-0.4, -0.2) is 60.3 Å². The fourth-order valence-corrected chi connectivity index (χ4v) is 5.51. The Morgan fingerprint density at radius 3 is 2.17 bits per heavy atom. The van der Waals surface area contributed by atoms with E-state index < -0.39 is 5.92 Å². The molecule has 0 radical (unpaired) electrons. The van der Waals surface area contributed by atoms with Crippen molar-refractivity contribution in [1.82, 2.24) is 9.80 Å². The summed E-state index contributed by atoms with van der Waals surface area (Å²) in [5, 5.41) is 1.19. The van der Waals surface area contributed by atoms with Gasteiger partial charge in [0.05, 0.1) is 0 Å². The summed E-state index contributed by atoms with van der Waals surface area (Å²) in [6.45, 7) is 3.15. The van der Waals surface area contributed by atoms with E-state index in [9.17, 15) is 18.4 Å². The molecule has 4 rings (SSSR count). The fraction of sp³-hybridized carbons (Fsp3) is 0.481. The Bertz CT molecular complexity index is 1030. The van der Waals surface area contributed by atoms with Crippen molar-refractivity contribution < 1.29 is 18.4 Å². The standard InChI is InChI=1S/C27H31Cl2F2N3O2/c28-22-14-21(15-23(29)17-22)18-32-10-12-33(13-11-32)26(36)19-34(24-4-2-1-3-5-24)25(35)16-20-6-8-27(30,31)9-7-20/h1-5,14-15,17,20H,6-13,16,18-19H2. The second-order valence-corrected chi connectivity index (χ2v) is 10.6. The van der Waals surface area contributed by atoms with E-state index in [1.165, 1.54) is 4.90 Å². The molecule has 0 bridgehead atoms. The molecule has 2 fully saturated rings. The highest BCUT2D eigenvalue weighted by atomic mass is 35.5. The fourth-order valence-electron chi connectivity index (χ4n) is 4.94. The molecule has 1 aliphatic heterocycles. The van der Waals surface area contributed by atoms with Gasteiger partial charge in [0.15, 0.2) is 0 Å². The molecule has 1 aliphatic carbocycles. The number of carbonyl (C=O) groups is 2. The average molecular weight is 538 g/mol. The number of halogens is 4. The number of nitrogens with zero attached hydrogens (tertiary/aromatic N) is 3. The third-order valence-corrected chi connectivity index (χ3v) is 7.45. The minimum Gasteiger partial charge on any atom is -0.339 e. The van der Waals surface area contributed by atoms with Crippen LogP contribution in [0.15, 0.2) is 48.5 Å². The lowest BCUT2D eigenvalue weighted by molar-refractivity contribution is -0.133. The van der Waals surface area contributed by atoms with Crippen molar-refractivity contribution in [1.29, 1.82) is 0 Å². The molecular formula is C27H31Cl2F2N3O2. The average Bonchev–Trinajstić information content (AvgIpc) is 2.84. The van der Waals surface area contributed by atoms with Gasteiger partial charge in [-0.05, 0) is 54.7 Å². The van der Waals surface area contributed by atoms with Crippen LogP contribution in [0.25, 0.3) is 0 Å². The largest absolute Gasteiger partial charge is 0.339 e. The highest BCUT2D eigenvalue weighted by Gasteiger charge is 2.36. The minimum absolute atomic E-state index is 0.0599. The maximum atomic E-state index is 13.5. The third-order valence-electron chi connectivity index (χ3n) is 7.02. The number of para-hydroxylation sites is 1. The van der Waals surface area contributed by atoms with Crippen LogP contribution < -0.4 is 4.90 Å². The monoisotopic (exact) mass is 537 g/mol. The summed E-state index contributed by atoms with van der Waals surface area (Å²) in [6, 6.07) is 14.6. The van der Waals surface area contributed by atoms with E-state index in [0.29, 0.717) is 61.3 Å². The quantitative estimate of drug-likeness (QED) is 0.442. The molecule has 0 N–H and O–H groups in total. The highest BCUT2D eigenvalue weighted by molar-refractivity contribution is 6.34. The first-order valence-electron chi connectivity index (χ1n) is 12.4. The molecule has 194 valence electrons. The number of benzene rings is 2. The molecule has 0 unspecified atom stereocenters. The van der Waals surface area contributed by atoms with E-state index in [-0.39, 0.29) is 43.5 Å². The summed E-state index contributed by atoms with van der Waals surface area (Å²) < 4.78 is 27.1. The Morgan fingerprint density at radius 1 is 0.944 bits per heavy atom. The summed E-state index contributed by atoms with van der Waals surface area (Å²) in [6.07, 6.45) is 0.472. The third kappa shape index (κ3) is 7.40. The maximum Gasteiger partial charge on any atom is 0.248 e. The summed E-state index contributed by atoms with van der Waals surface area (Å²) in [7, 11) is 0. The zero-order valence-electron chi connectivity index (χ0n) is 20.1. The first kappa shape index (κ1) is 26.8. The van der Waals surface area contributed by atoms with Gasteiger partial charge in [0.2, 0.25) is 17.7 Å². The number of hydrogen-bond acceptors (Lipinski definition) is 3. The lowest BCUT2D eigenvalue weighted by atomic mass is 9.84. The van der Waals surface area contributed by atoms with Gasteiger partial charge in [-0.15, -0.1) is 0 Å². The van der Waals surface area contributed by atoms with E-state index >= 15 is 0 Å². The second-order valence-electron chi connectivity index (χ2n) is 9.75. The number of carbonyl (C=O) groups excluding carboxylic acids is 2. The zero-order chi connectivity index (χ0) is 25.7. The number of piperazine rings is 1. The van der Waals surface area contributed by atoms with Crippen LogP contribution in [-0.2, 0) is 16.1 Å². The Morgan fingerprint density at radius 2 is 1.56 bits per heavy atom. The molecule has 2 amide bonds. The van der Waals surface area contributed by atoms with Crippen LogP contribution in [0.4, 0.5) is 14.5 Å². The van der Waals surface area contributed by atoms with E-state index in [1.807, 2.05) is 30.3 Å². The Labute approximate surface area is 220 Å². The minimum atomic E-state index is -2.63. The van der Waals surface area contributed by atoms with Gasteiger partial charge in [0.25, 0.3) is 0 Å². The Balaban J connectivity index is 1.34. The van der Waals surface area contributed by atoms with Crippen LogP contribution in [0.3, 0.4) is 0 Å². The van der Waals surface area contributed by atoms with Crippen molar-refractivity contribution in [2.45, 2.75) is 44.6 Å². The van der Waals surface area contributed by atoms with Gasteiger partial charge in [0.1, 0.15) is 6.54 Å². The summed E-state index contributed by atoms with van der Waals surface area (Å²) in [4.78, 5) is 32.0. The van der Waals surface area contributed by atoms with Crippen molar-refractivity contribution in [2.24, 2.45) is 5.92 Å². The number of hydrogen-bond donors (Lipinski definition) is 0. The lowest BCUT2D eigenvalue weighted by Crippen LogP contribution is -2.51. The SMILES string of the molecule is O=C(CN(C(=O)CC1CCC(F)(F)CC1)c1ccccc1)N1CCN(Cc2cc(Cl)cc(Cl)c2)CC1. The molecule has 1 saturated heterocycles. The molecule has 1 heterocycles. The highest BCUT2D eigenvalue weighted by Crippen LogP contribution is 2.37. The molecular weight excluding hydrogens is 507 g/mol. The van der Waals surface area contributed by atoms with E-state index in [4.69, 9.17) is 23.2 Å². The van der Waals surface area contributed by atoms with E-state index in [1.54, 1.807) is 23.1 Å². The van der Waals surface area contributed by atoms with Crippen molar-refractivity contribution in [2.75, 3.05) is 37.6 Å². The van der Waals surface area contributed by atoms with Crippen LogP contribution in [0.1, 0.15) is 37.7 Å². The molecule has 0 atom stereocenters. The van der Waals surface area contributed by atoms with Gasteiger partial charge in [0, 0.05) is 67.7 Å². The van der Waals surface area contributed by atoms with Crippen molar-refractivity contribution in [3.05, 3.63) is 64.1 Å². The maximum absolute atomic E-state index is 13.5. The Hall–Kier alpha value is -2.22. The normalized spacial score (nSPS) is 18.7. The van der Waals surface area contributed by atoms with Crippen LogP contribution in [0, 0.1) is 5.92 Å². The van der Waals surface area contributed by atoms with Gasteiger partial charge in [-0.25, -0.2) is 8.78 Å². The van der Waals surface area contributed by atoms with Gasteiger partial charge >= 0.3 is 0 Å². The molecule has 1 saturated carbocycles. The summed E-state index contributed by atoms with van der Waals surface area (Å²) in [5.74, 6) is -3.02. The van der Waals surface area contributed by atoms with E-state index in [0.717, 1.165) is 5.56 Å². The number of alkyl halides is 2. The first-order chi connectivity index (χ1) is 17.2. The molecule has 2 aromatic carbocycles. The van der Waals surface area contributed by atoms with Gasteiger partial charge in [-0.2, -0.15) is 0 Å². The predicted octanol–water partition coefficient (Wildman–Crippen LogP) is 5.89. The topological polar surface area (TPSA) is 43.9 Å². The molecule has 2 aromatic rings. The smallest absolute Gasteiger partial charge is 0.248 e. The molecule has 36 heavy (non-hydrogen) atoms. The second kappa shape index (κ2) is 11.9. The molecule has 9 heteroatoms. The van der Waals surface area contributed by atoms with Gasteiger partial charge < -0.3 is 9.80 Å². The van der Waals surface area contributed by atoms with Gasteiger partial charge in [-0.1, -0.05) is 41.4 Å². The molecule has 0 aromatic heterocycles. The van der Waals surface area contributed by atoms with Crippen LogP contribution in [0.2, 0.25) is 10.0 Å². The van der Waals surface area contributed by atoms with Crippen LogP contribution in [0.5, 0.6) is 0 Å². The summed E-state index contributed by atoms with van der Waals surface area (Å²) >= 11 is 12.2. The lowest BCUT2D eigenvalue weighted by Gasteiger charge is -2.36. The Kier molecular flexibility index (Phi) is 8.86. The number of amides is 2. The van der Waals surface area contributed by atoms with Crippen molar-refractivity contribution in [3.63, 3.8) is 0 Å². The predicted molar refractivity (Wildman–Crippen MR) is 139 cm³/mol. The molecule has 2 aliphatic rings. The van der Waals surface area contributed by atoms with E-state index in [2.05, 4.69) is 4.90 Å². The zero-order valence-corrected chi connectivity index (χ0v) is 21.7. The van der Waals surface area contributed by atoms with Crippen molar-refractivity contribution in [3.8, 4) is 0 Å². The molecule has 0 spiro atoms. The first-order valence-corrected chi connectivity index (χ1v) is 13.1. The van der Waals surface area contributed by atoms with Crippen LogP contribution >= 0.6 is 23.2 Å².